The summed E-state index contributed by atoms with van der Waals surface area (Å²) in [5, 5.41) is 9.98. The Balaban J connectivity index is 2.09. The van der Waals surface area contributed by atoms with E-state index in [2.05, 4.69) is 6.07 Å². The zero-order valence-corrected chi connectivity index (χ0v) is 10.1. The predicted molar refractivity (Wildman–Crippen MR) is 66.5 cm³/mol. The first-order valence-electron chi connectivity index (χ1n) is 6.12. The predicted octanol–water partition coefficient (Wildman–Crippen LogP) is 3.42. The summed E-state index contributed by atoms with van der Waals surface area (Å²) < 4.78 is 0. The van der Waals surface area contributed by atoms with E-state index in [9.17, 15) is 5.26 Å². The van der Waals surface area contributed by atoms with Gasteiger partial charge in [0, 0.05) is 4.88 Å². The number of rotatable bonds is 0. The number of hydrogen-bond acceptors (Lipinski definition) is 3. The summed E-state index contributed by atoms with van der Waals surface area (Å²) in [4.78, 5) is 1.40. The van der Waals surface area contributed by atoms with Gasteiger partial charge in [-0.2, -0.15) is 5.26 Å². The Morgan fingerprint density at radius 2 is 2.06 bits per heavy atom. The first-order valence-corrected chi connectivity index (χ1v) is 6.94. The maximum absolute atomic E-state index is 9.23. The molecule has 1 heterocycles. The molecule has 1 fully saturated rings. The van der Waals surface area contributed by atoms with E-state index >= 15 is 0 Å². The van der Waals surface area contributed by atoms with Crippen LogP contribution in [0.4, 0.5) is 5.00 Å². The summed E-state index contributed by atoms with van der Waals surface area (Å²) in [6.07, 6.45) is 7.77. The van der Waals surface area contributed by atoms with Gasteiger partial charge in [-0.1, -0.05) is 12.8 Å². The molecule has 0 amide bonds. The van der Waals surface area contributed by atoms with Crippen LogP contribution < -0.4 is 5.73 Å². The Bertz CT molecular complexity index is 455. The average molecular weight is 232 g/mol. The number of nitrogen functional groups attached to an aromatic ring is 1. The summed E-state index contributed by atoms with van der Waals surface area (Å²) in [6, 6.07) is 2.32. The number of nitrogens with two attached hydrogens (primary N) is 1. The van der Waals surface area contributed by atoms with Gasteiger partial charge in [0.15, 0.2) is 0 Å². The van der Waals surface area contributed by atoms with Crippen molar-refractivity contribution in [3.8, 4) is 6.07 Å². The molecule has 2 aliphatic rings. The second kappa shape index (κ2) is 3.78. The Morgan fingerprint density at radius 3 is 2.88 bits per heavy atom. The average Bonchev–Trinajstić information content (AvgIpc) is 2.65. The minimum Gasteiger partial charge on any atom is -0.389 e. The molecule has 0 aromatic carbocycles. The summed E-state index contributed by atoms with van der Waals surface area (Å²) >= 11 is 1.65. The number of anilines is 1. The molecule has 3 rings (SSSR count). The summed E-state index contributed by atoms with van der Waals surface area (Å²) in [6.45, 7) is 0. The number of aryl methyl sites for hydroxylation is 1. The molecule has 2 atom stereocenters. The van der Waals surface area contributed by atoms with Gasteiger partial charge in [0.2, 0.25) is 0 Å². The number of thiophene rings is 1. The van der Waals surface area contributed by atoms with Crippen LogP contribution in [-0.2, 0) is 6.42 Å². The number of fused-ring (bicyclic) bond motifs is 3. The van der Waals surface area contributed by atoms with E-state index in [4.69, 9.17) is 5.73 Å². The van der Waals surface area contributed by atoms with Crippen LogP contribution >= 0.6 is 11.3 Å². The van der Waals surface area contributed by atoms with Gasteiger partial charge in [0.25, 0.3) is 0 Å². The highest BCUT2D eigenvalue weighted by Gasteiger charge is 2.35. The minimum atomic E-state index is 0.640. The Labute approximate surface area is 100 Å². The molecule has 0 bridgehead atoms. The van der Waals surface area contributed by atoms with Crippen LogP contribution in [0.2, 0.25) is 0 Å². The fourth-order valence-electron chi connectivity index (χ4n) is 3.45. The normalized spacial score (nSPS) is 27.9. The van der Waals surface area contributed by atoms with E-state index in [-0.39, 0.29) is 0 Å². The lowest BCUT2D eigenvalue weighted by molar-refractivity contribution is 0.277. The molecule has 84 valence electrons. The lowest BCUT2D eigenvalue weighted by Gasteiger charge is -2.35. The molecule has 0 saturated heterocycles. The molecule has 0 aliphatic heterocycles. The van der Waals surface area contributed by atoms with Crippen molar-refractivity contribution in [2.45, 2.75) is 44.4 Å². The number of nitrogens with zero attached hydrogens (tertiary/aromatic N) is 1. The van der Waals surface area contributed by atoms with Gasteiger partial charge in [-0.05, 0) is 43.1 Å². The van der Waals surface area contributed by atoms with Crippen LogP contribution in [-0.4, -0.2) is 0 Å². The molecule has 1 aromatic rings. The molecule has 1 aromatic heterocycles. The third kappa shape index (κ3) is 1.36. The molecule has 0 radical (unpaired) electrons. The molecule has 2 aliphatic carbocycles. The van der Waals surface area contributed by atoms with E-state index in [0.29, 0.717) is 5.92 Å². The zero-order valence-electron chi connectivity index (χ0n) is 9.33. The summed E-state index contributed by atoms with van der Waals surface area (Å²) in [5.41, 5.74) is 8.09. The maximum Gasteiger partial charge on any atom is 0.104 e. The van der Waals surface area contributed by atoms with Crippen molar-refractivity contribution in [1.29, 1.82) is 5.26 Å². The first kappa shape index (κ1) is 10.2. The van der Waals surface area contributed by atoms with Crippen molar-refractivity contribution in [2.75, 3.05) is 5.73 Å². The Hall–Kier alpha value is -1.01. The largest absolute Gasteiger partial charge is 0.389 e. The van der Waals surface area contributed by atoms with Gasteiger partial charge in [0.1, 0.15) is 11.1 Å². The standard InChI is InChI=1S/C13H16N2S/c14-7-10-12-9-4-2-1-3-8(9)5-6-11(12)16-13(10)15/h8-9H,1-6,15H2. The molecule has 3 heteroatoms. The van der Waals surface area contributed by atoms with Crippen molar-refractivity contribution >= 4 is 16.3 Å². The van der Waals surface area contributed by atoms with Crippen molar-refractivity contribution in [1.82, 2.24) is 0 Å². The topological polar surface area (TPSA) is 49.8 Å². The van der Waals surface area contributed by atoms with Crippen LogP contribution in [0.5, 0.6) is 0 Å². The van der Waals surface area contributed by atoms with E-state index in [0.717, 1.165) is 22.9 Å². The van der Waals surface area contributed by atoms with Crippen LogP contribution in [0.3, 0.4) is 0 Å². The van der Waals surface area contributed by atoms with Crippen LogP contribution in [0.25, 0.3) is 0 Å². The molecule has 2 unspecified atom stereocenters. The quantitative estimate of drug-likeness (QED) is 0.745. The van der Waals surface area contributed by atoms with Crippen LogP contribution in [0.15, 0.2) is 0 Å². The monoisotopic (exact) mass is 232 g/mol. The van der Waals surface area contributed by atoms with Gasteiger partial charge >= 0.3 is 0 Å². The third-order valence-corrected chi connectivity index (χ3v) is 5.28. The second-order valence-electron chi connectivity index (χ2n) is 4.98. The van der Waals surface area contributed by atoms with Gasteiger partial charge in [-0.25, -0.2) is 0 Å². The second-order valence-corrected chi connectivity index (χ2v) is 6.12. The fraction of sp³-hybridized carbons (Fsp3) is 0.615. The summed E-state index contributed by atoms with van der Waals surface area (Å²) in [5.74, 6) is 1.46. The summed E-state index contributed by atoms with van der Waals surface area (Å²) in [7, 11) is 0. The van der Waals surface area contributed by atoms with E-state index in [1.807, 2.05) is 0 Å². The van der Waals surface area contributed by atoms with E-state index in [1.54, 1.807) is 11.3 Å². The highest BCUT2D eigenvalue weighted by atomic mass is 32.1. The fourth-order valence-corrected chi connectivity index (χ4v) is 4.56. The molecular formula is C13H16N2S. The Kier molecular flexibility index (Phi) is 2.40. The minimum absolute atomic E-state index is 0.640. The molecule has 0 spiro atoms. The van der Waals surface area contributed by atoms with E-state index < -0.39 is 0 Å². The SMILES string of the molecule is N#Cc1c(N)sc2c1C1CCCCC1CC2. The molecule has 2 nitrogen and oxygen atoms in total. The smallest absolute Gasteiger partial charge is 0.104 e. The molecular weight excluding hydrogens is 216 g/mol. The van der Waals surface area contributed by atoms with Gasteiger partial charge in [0.05, 0.1) is 5.56 Å². The number of hydrogen-bond donors (Lipinski definition) is 1. The third-order valence-electron chi connectivity index (χ3n) is 4.18. The van der Waals surface area contributed by atoms with Gasteiger partial charge < -0.3 is 5.73 Å². The van der Waals surface area contributed by atoms with Crippen molar-refractivity contribution < 1.29 is 0 Å². The highest BCUT2D eigenvalue weighted by molar-refractivity contribution is 7.16. The zero-order chi connectivity index (χ0) is 11.1. The highest BCUT2D eigenvalue weighted by Crippen LogP contribution is 2.50. The molecule has 2 N–H and O–H groups in total. The van der Waals surface area contributed by atoms with Crippen molar-refractivity contribution in [2.24, 2.45) is 5.92 Å². The number of nitriles is 1. The molecule has 16 heavy (non-hydrogen) atoms. The van der Waals surface area contributed by atoms with Crippen LogP contribution in [0, 0.1) is 17.2 Å². The lowest BCUT2D eigenvalue weighted by atomic mass is 9.69. The lowest BCUT2D eigenvalue weighted by Crippen LogP contribution is -2.23. The Morgan fingerprint density at radius 1 is 1.25 bits per heavy atom. The van der Waals surface area contributed by atoms with Crippen molar-refractivity contribution in [3.05, 3.63) is 16.0 Å². The van der Waals surface area contributed by atoms with Crippen molar-refractivity contribution in [3.63, 3.8) is 0 Å². The first-order chi connectivity index (χ1) is 7.81. The van der Waals surface area contributed by atoms with Gasteiger partial charge in [-0.15, -0.1) is 11.3 Å². The molecule has 1 saturated carbocycles. The van der Waals surface area contributed by atoms with Gasteiger partial charge in [-0.3, -0.25) is 0 Å². The van der Waals surface area contributed by atoms with E-state index in [1.165, 1.54) is 42.5 Å². The maximum atomic E-state index is 9.23. The van der Waals surface area contributed by atoms with Crippen LogP contribution in [0.1, 0.15) is 54.0 Å².